The average molecular weight is 428 g/mol. The second kappa shape index (κ2) is 9.10. The van der Waals surface area contributed by atoms with Crippen LogP contribution in [-0.4, -0.2) is 25.4 Å². The maximum absolute atomic E-state index is 13.1. The van der Waals surface area contributed by atoms with Crippen molar-refractivity contribution in [3.8, 4) is 11.5 Å². The Morgan fingerprint density at radius 3 is 2.56 bits per heavy atom. The fourth-order valence-corrected chi connectivity index (χ4v) is 3.66. The Labute approximate surface area is 159 Å². The Balaban J connectivity index is 1.96. The van der Waals surface area contributed by atoms with Crippen molar-refractivity contribution in [1.29, 1.82) is 0 Å². The first kappa shape index (κ1) is 19.6. The molecule has 0 heterocycles. The minimum absolute atomic E-state index is 0.115. The summed E-state index contributed by atoms with van der Waals surface area (Å²) in [4.78, 5) is 12.4. The van der Waals surface area contributed by atoms with Crippen LogP contribution in [0.25, 0.3) is 0 Å². The second-order valence-electron chi connectivity index (χ2n) is 5.25. The number of anilines is 1. The van der Waals surface area contributed by atoms with Gasteiger partial charge in [0.1, 0.15) is 5.82 Å². The van der Waals surface area contributed by atoms with Crippen LogP contribution in [0.1, 0.15) is 12.5 Å². The Morgan fingerprint density at radius 1 is 1.20 bits per heavy atom. The maximum atomic E-state index is 13.1. The molecule has 0 aliphatic heterocycles. The molecule has 0 fully saturated rings. The van der Waals surface area contributed by atoms with Gasteiger partial charge in [-0.3, -0.25) is 4.79 Å². The quantitative estimate of drug-likeness (QED) is 0.684. The summed E-state index contributed by atoms with van der Waals surface area (Å²) in [7, 11) is 3.10. The lowest BCUT2D eigenvalue weighted by molar-refractivity contribution is -0.115. The number of carbonyl (C=O) groups excluding carboxylic acids is 1. The summed E-state index contributed by atoms with van der Waals surface area (Å²) in [5.74, 6) is 1.34. The molecule has 4 nitrogen and oxygen atoms in total. The van der Waals surface area contributed by atoms with E-state index in [4.69, 9.17) is 9.47 Å². The summed E-state index contributed by atoms with van der Waals surface area (Å²) in [6.07, 6.45) is 0. The zero-order valence-corrected chi connectivity index (χ0v) is 16.5. The van der Waals surface area contributed by atoms with Gasteiger partial charge in [0, 0.05) is 22.0 Å². The van der Waals surface area contributed by atoms with Crippen molar-refractivity contribution in [3.05, 3.63) is 52.3 Å². The van der Waals surface area contributed by atoms with Crippen molar-refractivity contribution < 1.29 is 18.7 Å². The number of methoxy groups -OCH3 is 2. The average Bonchev–Trinajstić information content (AvgIpc) is 2.60. The highest BCUT2D eigenvalue weighted by Crippen LogP contribution is 2.30. The van der Waals surface area contributed by atoms with Gasteiger partial charge >= 0.3 is 0 Å². The monoisotopic (exact) mass is 427 g/mol. The van der Waals surface area contributed by atoms with Crippen LogP contribution in [0.4, 0.5) is 10.1 Å². The maximum Gasteiger partial charge on any atom is 0.237 e. The van der Waals surface area contributed by atoms with Crippen LogP contribution in [0.5, 0.6) is 11.5 Å². The van der Waals surface area contributed by atoms with E-state index in [0.717, 1.165) is 5.56 Å². The van der Waals surface area contributed by atoms with Crippen molar-refractivity contribution >= 4 is 39.3 Å². The summed E-state index contributed by atoms with van der Waals surface area (Å²) < 4.78 is 24.2. The molecule has 0 aliphatic rings. The zero-order valence-electron chi connectivity index (χ0n) is 14.1. The molecule has 1 amide bonds. The molecule has 134 valence electrons. The number of carbonyl (C=O) groups is 1. The largest absolute Gasteiger partial charge is 0.493 e. The summed E-state index contributed by atoms with van der Waals surface area (Å²) in [5.41, 5.74) is 1.58. The van der Waals surface area contributed by atoms with Crippen LogP contribution in [0.2, 0.25) is 0 Å². The van der Waals surface area contributed by atoms with Gasteiger partial charge in [-0.1, -0.05) is 22.0 Å². The molecular weight excluding hydrogens is 409 g/mol. The smallest absolute Gasteiger partial charge is 0.237 e. The Hall–Kier alpha value is -1.73. The molecule has 0 spiro atoms. The van der Waals surface area contributed by atoms with Gasteiger partial charge in [-0.2, -0.15) is 0 Å². The van der Waals surface area contributed by atoms with E-state index in [0.29, 0.717) is 27.4 Å². The summed E-state index contributed by atoms with van der Waals surface area (Å²) >= 11 is 4.81. The fraction of sp³-hybridized carbons (Fsp3) is 0.278. The molecule has 0 saturated carbocycles. The molecule has 0 saturated heterocycles. The van der Waals surface area contributed by atoms with Crippen molar-refractivity contribution in [3.63, 3.8) is 0 Å². The molecule has 0 aromatic heterocycles. The van der Waals surface area contributed by atoms with Crippen LogP contribution in [-0.2, 0) is 10.5 Å². The third-order valence-corrected chi connectivity index (χ3v) is 5.45. The van der Waals surface area contributed by atoms with E-state index in [1.807, 2.05) is 6.92 Å². The number of benzene rings is 2. The Kier molecular flexibility index (Phi) is 7.13. The zero-order chi connectivity index (χ0) is 18.4. The van der Waals surface area contributed by atoms with E-state index in [1.165, 1.54) is 23.9 Å². The lowest BCUT2D eigenvalue weighted by atomic mass is 10.2. The predicted molar refractivity (Wildman–Crippen MR) is 103 cm³/mol. The first-order chi connectivity index (χ1) is 11.9. The van der Waals surface area contributed by atoms with Gasteiger partial charge in [-0.15, -0.1) is 11.8 Å². The number of rotatable bonds is 7. The van der Waals surface area contributed by atoms with E-state index in [9.17, 15) is 9.18 Å². The summed E-state index contributed by atoms with van der Waals surface area (Å²) in [6.45, 7) is 1.83. The van der Waals surface area contributed by atoms with Gasteiger partial charge in [-0.25, -0.2) is 4.39 Å². The molecule has 0 radical (unpaired) electrons. The predicted octanol–water partition coefficient (Wildman–Crippen LogP) is 4.87. The standard InChI is InChI=1S/C18H19BrFNO3S/c1-11(25-10-12-4-5-13(20)8-15(12)19)18(22)21-14-6-7-16(23-2)17(9-14)24-3/h4-9,11H,10H2,1-3H3,(H,21,22). The molecule has 1 unspecified atom stereocenters. The van der Waals surface area contributed by atoms with Gasteiger partial charge in [0.05, 0.1) is 19.5 Å². The van der Waals surface area contributed by atoms with Crippen molar-refractivity contribution in [2.75, 3.05) is 19.5 Å². The van der Waals surface area contributed by atoms with E-state index in [-0.39, 0.29) is 17.0 Å². The first-order valence-electron chi connectivity index (χ1n) is 7.53. The normalized spacial score (nSPS) is 11.7. The second-order valence-corrected chi connectivity index (χ2v) is 7.43. The number of halogens is 2. The van der Waals surface area contributed by atoms with Crippen LogP contribution < -0.4 is 14.8 Å². The van der Waals surface area contributed by atoms with Crippen LogP contribution >= 0.6 is 27.7 Å². The van der Waals surface area contributed by atoms with Crippen molar-refractivity contribution in [1.82, 2.24) is 0 Å². The number of amides is 1. The minimum atomic E-state index is -0.292. The third-order valence-electron chi connectivity index (χ3n) is 3.52. The Bertz CT molecular complexity index is 757. The van der Waals surface area contributed by atoms with Crippen molar-refractivity contribution in [2.45, 2.75) is 17.9 Å². The fourth-order valence-electron chi connectivity index (χ4n) is 2.09. The topological polar surface area (TPSA) is 47.6 Å². The Morgan fingerprint density at radius 2 is 1.92 bits per heavy atom. The van der Waals surface area contributed by atoms with E-state index < -0.39 is 0 Å². The SMILES string of the molecule is COc1ccc(NC(=O)C(C)SCc2ccc(F)cc2Br)cc1OC. The molecule has 0 bridgehead atoms. The minimum Gasteiger partial charge on any atom is -0.493 e. The lowest BCUT2D eigenvalue weighted by Crippen LogP contribution is -2.22. The molecule has 1 N–H and O–H groups in total. The molecule has 7 heteroatoms. The van der Waals surface area contributed by atoms with Gasteiger partial charge in [0.2, 0.25) is 5.91 Å². The van der Waals surface area contributed by atoms with Crippen LogP contribution in [0.15, 0.2) is 40.9 Å². The first-order valence-corrected chi connectivity index (χ1v) is 9.37. The van der Waals surface area contributed by atoms with Gasteiger partial charge < -0.3 is 14.8 Å². The third kappa shape index (κ3) is 5.37. The van der Waals surface area contributed by atoms with E-state index in [2.05, 4.69) is 21.2 Å². The van der Waals surface area contributed by atoms with Crippen LogP contribution in [0.3, 0.4) is 0 Å². The molecule has 2 rings (SSSR count). The number of ether oxygens (including phenoxy) is 2. The number of thioether (sulfide) groups is 1. The molecule has 25 heavy (non-hydrogen) atoms. The highest BCUT2D eigenvalue weighted by atomic mass is 79.9. The van der Waals surface area contributed by atoms with Gasteiger partial charge in [0.15, 0.2) is 11.5 Å². The van der Waals surface area contributed by atoms with E-state index in [1.54, 1.807) is 38.5 Å². The molecule has 1 atom stereocenters. The van der Waals surface area contributed by atoms with E-state index >= 15 is 0 Å². The van der Waals surface area contributed by atoms with Gasteiger partial charge in [0.25, 0.3) is 0 Å². The number of nitrogens with one attached hydrogen (secondary N) is 1. The number of hydrogen-bond acceptors (Lipinski definition) is 4. The number of hydrogen-bond donors (Lipinski definition) is 1. The molecule has 0 aliphatic carbocycles. The molecule has 2 aromatic rings. The highest BCUT2D eigenvalue weighted by Gasteiger charge is 2.15. The lowest BCUT2D eigenvalue weighted by Gasteiger charge is -2.14. The van der Waals surface area contributed by atoms with Gasteiger partial charge in [-0.05, 0) is 36.8 Å². The summed E-state index contributed by atoms with van der Waals surface area (Å²) in [5, 5.41) is 2.59. The van der Waals surface area contributed by atoms with Crippen molar-refractivity contribution in [2.24, 2.45) is 0 Å². The molecule has 2 aromatic carbocycles. The summed E-state index contributed by atoms with van der Waals surface area (Å²) in [6, 6.07) is 9.75. The molecular formula is C18H19BrFNO3S. The van der Waals surface area contributed by atoms with Crippen LogP contribution in [0, 0.1) is 5.82 Å². The highest BCUT2D eigenvalue weighted by molar-refractivity contribution is 9.10.